The molecule has 70 valence electrons. The van der Waals surface area contributed by atoms with E-state index in [1.54, 1.807) is 0 Å². The summed E-state index contributed by atoms with van der Waals surface area (Å²) in [5.74, 6) is 0. The SMILES string of the molecule is CCC1N(CC)C=CC(C)N1C. The van der Waals surface area contributed by atoms with E-state index >= 15 is 0 Å². The Morgan fingerprint density at radius 3 is 2.50 bits per heavy atom. The van der Waals surface area contributed by atoms with Gasteiger partial charge in [-0.3, -0.25) is 4.90 Å². The molecule has 1 rings (SSSR count). The van der Waals surface area contributed by atoms with Crippen LogP contribution in [0.1, 0.15) is 27.2 Å². The molecule has 0 spiro atoms. The van der Waals surface area contributed by atoms with Gasteiger partial charge in [-0.05, 0) is 33.5 Å². The molecule has 12 heavy (non-hydrogen) atoms. The smallest absolute Gasteiger partial charge is 0.0814 e. The van der Waals surface area contributed by atoms with E-state index in [4.69, 9.17) is 0 Å². The lowest BCUT2D eigenvalue weighted by Gasteiger charge is -2.42. The Bertz CT molecular complexity index is 165. The maximum absolute atomic E-state index is 2.42. The Labute approximate surface area is 75.8 Å². The van der Waals surface area contributed by atoms with E-state index in [-0.39, 0.29) is 0 Å². The minimum atomic E-state index is 0.581. The summed E-state index contributed by atoms with van der Waals surface area (Å²) in [5.41, 5.74) is 0. The molecule has 0 radical (unpaired) electrons. The highest BCUT2D eigenvalue weighted by atomic mass is 15.4. The molecule has 2 nitrogen and oxygen atoms in total. The average Bonchev–Trinajstić information content (AvgIpc) is 2.09. The monoisotopic (exact) mass is 168 g/mol. The molecular formula is C10H20N2. The van der Waals surface area contributed by atoms with E-state index in [1.165, 1.54) is 6.42 Å². The molecule has 2 atom stereocenters. The van der Waals surface area contributed by atoms with Crippen molar-refractivity contribution in [3.05, 3.63) is 12.3 Å². The summed E-state index contributed by atoms with van der Waals surface area (Å²) in [6, 6.07) is 0.581. The van der Waals surface area contributed by atoms with Gasteiger partial charge in [0.1, 0.15) is 0 Å². The van der Waals surface area contributed by atoms with Crippen LogP contribution in [0.5, 0.6) is 0 Å². The molecule has 0 N–H and O–H groups in total. The first-order valence-electron chi connectivity index (χ1n) is 4.86. The number of likely N-dealkylation sites (N-methyl/N-ethyl adjacent to an activating group) is 1. The fourth-order valence-electron chi connectivity index (χ4n) is 1.81. The Morgan fingerprint density at radius 1 is 1.33 bits per heavy atom. The number of rotatable bonds is 2. The van der Waals surface area contributed by atoms with Crippen molar-refractivity contribution in [2.75, 3.05) is 13.6 Å². The lowest BCUT2D eigenvalue weighted by atomic mass is 10.1. The molecule has 0 fully saturated rings. The summed E-state index contributed by atoms with van der Waals surface area (Å²) in [7, 11) is 2.20. The second kappa shape index (κ2) is 3.94. The zero-order chi connectivity index (χ0) is 9.14. The molecule has 2 heteroatoms. The largest absolute Gasteiger partial charge is 0.362 e. The summed E-state index contributed by atoms with van der Waals surface area (Å²) < 4.78 is 0. The maximum atomic E-state index is 2.42. The van der Waals surface area contributed by atoms with Crippen LogP contribution in [0.25, 0.3) is 0 Å². The second-order valence-corrected chi connectivity index (χ2v) is 3.47. The van der Waals surface area contributed by atoms with Gasteiger partial charge in [0.05, 0.1) is 6.17 Å². The standard InChI is InChI=1S/C10H20N2/c1-5-10-11(4)9(3)7-8-12(10)6-2/h7-10H,5-6H2,1-4H3. The average molecular weight is 168 g/mol. The summed E-state index contributed by atoms with van der Waals surface area (Å²) in [6.07, 6.45) is 6.28. The minimum Gasteiger partial charge on any atom is -0.362 e. The quantitative estimate of drug-likeness (QED) is 0.621. The van der Waals surface area contributed by atoms with Crippen LogP contribution in [0.2, 0.25) is 0 Å². The molecule has 0 aromatic carbocycles. The molecule has 0 saturated heterocycles. The van der Waals surface area contributed by atoms with E-state index < -0.39 is 0 Å². The van der Waals surface area contributed by atoms with E-state index in [9.17, 15) is 0 Å². The molecule has 0 aromatic rings. The Morgan fingerprint density at radius 2 is 2.00 bits per heavy atom. The zero-order valence-corrected chi connectivity index (χ0v) is 8.62. The van der Waals surface area contributed by atoms with Crippen LogP contribution in [-0.4, -0.2) is 35.6 Å². The fraction of sp³-hybridized carbons (Fsp3) is 0.800. The van der Waals surface area contributed by atoms with E-state index in [0.29, 0.717) is 12.2 Å². The van der Waals surface area contributed by atoms with Crippen molar-refractivity contribution in [1.82, 2.24) is 9.80 Å². The zero-order valence-electron chi connectivity index (χ0n) is 8.62. The van der Waals surface area contributed by atoms with Crippen molar-refractivity contribution in [2.45, 2.75) is 39.4 Å². The summed E-state index contributed by atoms with van der Waals surface area (Å²) in [5, 5.41) is 0. The van der Waals surface area contributed by atoms with Crippen LogP contribution >= 0.6 is 0 Å². The van der Waals surface area contributed by atoms with E-state index in [2.05, 4.69) is 49.9 Å². The molecule has 0 bridgehead atoms. The van der Waals surface area contributed by atoms with Crippen molar-refractivity contribution in [3.8, 4) is 0 Å². The number of hydrogen-bond donors (Lipinski definition) is 0. The third kappa shape index (κ3) is 1.63. The lowest BCUT2D eigenvalue weighted by Crippen LogP contribution is -2.49. The predicted octanol–water partition coefficient (Wildman–Crippen LogP) is 1.89. The summed E-state index contributed by atoms with van der Waals surface area (Å²) in [6.45, 7) is 7.80. The van der Waals surface area contributed by atoms with Crippen LogP contribution in [0.4, 0.5) is 0 Å². The van der Waals surface area contributed by atoms with Gasteiger partial charge in [0.15, 0.2) is 0 Å². The van der Waals surface area contributed by atoms with Gasteiger partial charge >= 0.3 is 0 Å². The van der Waals surface area contributed by atoms with Gasteiger partial charge in [-0.15, -0.1) is 0 Å². The molecule has 0 saturated carbocycles. The van der Waals surface area contributed by atoms with Crippen molar-refractivity contribution in [1.29, 1.82) is 0 Å². The van der Waals surface area contributed by atoms with Crippen molar-refractivity contribution in [2.24, 2.45) is 0 Å². The normalized spacial score (nSPS) is 31.2. The lowest BCUT2D eigenvalue weighted by molar-refractivity contribution is 0.0677. The number of hydrogen-bond acceptors (Lipinski definition) is 2. The van der Waals surface area contributed by atoms with Crippen LogP contribution in [-0.2, 0) is 0 Å². The highest BCUT2D eigenvalue weighted by Gasteiger charge is 2.23. The molecule has 1 heterocycles. The van der Waals surface area contributed by atoms with E-state index in [0.717, 1.165) is 6.54 Å². The van der Waals surface area contributed by atoms with Gasteiger partial charge < -0.3 is 4.90 Å². The van der Waals surface area contributed by atoms with Gasteiger partial charge in [0.25, 0.3) is 0 Å². The third-order valence-corrected chi connectivity index (χ3v) is 2.78. The predicted molar refractivity (Wildman–Crippen MR) is 52.8 cm³/mol. The summed E-state index contributed by atoms with van der Waals surface area (Å²) >= 11 is 0. The summed E-state index contributed by atoms with van der Waals surface area (Å²) in [4.78, 5) is 4.81. The van der Waals surface area contributed by atoms with E-state index in [1.807, 2.05) is 0 Å². The van der Waals surface area contributed by atoms with Crippen molar-refractivity contribution < 1.29 is 0 Å². The van der Waals surface area contributed by atoms with Crippen LogP contribution in [0, 0.1) is 0 Å². The van der Waals surface area contributed by atoms with Crippen molar-refractivity contribution >= 4 is 0 Å². The topological polar surface area (TPSA) is 6.48 Å². The van der Waals surface area contributed by atoms with Gasteiger partial charge in [0, 0.05) is 12.6 Å². The fourth-order valence-corrected chi connectivity index (χ4v) is 1.81. The first-order valence-corrected chi connectivity index (χ1v) is 4.86. The molecular weight excluding hydrogens is 148 g/mol. The van der Waals surface area contributed by atoms with Crippen LogP contribution < -0.4 is 0 Å². The number of nitrogens with zero attached hydrogens (tertiary/aromatic N) is 2. The Kier molecular flexibility index (Phi) is 3.15. The van der Waals surface area contributed by atoms with Gasteiger partial charge in [0.2, 0.25) is 0 Å². The first-order chi connectivity index (χ1) is 5.70. The highest BCUT2D eigenvalue weighted by molar-refractivity contribution is 4.99. The molecule has 0 amide bonds. The minimum absolute atomic E-state index is 0.581. The first kappa shape index (κ1) is 9.59. The molecule has 0 aliphatic carbocycles. The van der Waals surface area contributed by atoms with Crippen LogP contribution in [0.15, 0.2) is 12.3 Å². The highest BCUT2D eigenvalue weighted by Crippen LogP contribution is 2.17. The third-order valence-electron chi connectivity index (χ3n) is 2.78. The van der Waals surface area contributed by atoms with Gasteiger partial charge in [-0.2, -0.15) is 0 Å². The second-order valence-electron chi connectivity index (χ2n) is 3.47. The molecule has 1 aliphatic rings. The Balaban J connectivity index is 2.72. The Hall–Kier alpha value is -0.500. The van der Waals surface area contributed by atoms with Crippen LogP contribution in [0.3, 0.4) is 0 Å². The van der Waals surface area contributed by atoms with Gasteiger partial charge in [-0.1, -0.05) is 13.0 Å². The molecule has 2 unspecified atom stereocenters. The maximum Gasteiger partial charge on any atom is 0.0814 e. The molecule has 0 aromatic heterocycles. The molecule has 1 aliphatic heterocycles. The van der Waals surface area contributed by atoms with Crippen molar-refractivity contribution in [3.63, 3.8) is 0 Å². The van der Waals surface area contributed by atoms with Gasteiger partial charge in [-0.25, -0.2) is 0 Å².